The van der Waals surface area contributed by atoms with Crippen LogP contribution in [0.25, 0.3) is 0 Å². The number of benzene rings is 1. The molecule has 1 aliphatic rings. The first kappa shape index (κ1) is 14.5. The molecule has 5 heteroatoms. The van der Waals surface area contributed by atoms with E-state index in [0.29, 0.717) is 32.6 Å². The molecule has 1 aromatic rings. The number of nitrogens with two attached hydrogens (primary N) is 1. The number of carbonyl (C=O) groups excluding carboxylic acids is 1. The van der Waals surface area contributed by atoms with Crippen LogP contribution >= 0.6 is 0 Å². The lowest BCUT2D eigenvalue weighted by Gasteiger charge is -2.36. The molecule has 1 aromatic carbocycles. The van der Waals surface area contributed by atoms with Crippen molar-refractivity contribution in [3.05, 3.63) is 35.9 Å². The summed E-state index contributed by atoms with van der Waals surface area (Å²) in [6, 6.07) is 11.7. The summed E-state index contributed by atoms with van der Waals surface area (Å²) in [7, 11) is 0. The monoisotopic (exact) mass is 273 g/mol. The molecule has 0 aliphatic carbocycles. The first-order valence-electron chi connectivity index (χ1n) is 6.72. The van der Waals surface area contributed by atoms with E-state index in [1.54, 1.807) is 0 Å². The predicted molar refractivity (Wildman–Crippen MR) is 74.4 cm³/mol. The summed E-state index contributed by atoms with van der Waals surface area (Å²) in [5, 5.41) is 8.94. The summed E-state index contributed by atoms with van der Waals surface area (Å²) in [4.78, 5) is 14.1. The van der Waals surface area contributed by atoms with Gasteiger partial charge < -0.3 is 15.4 Å². The van der Waals surface area contributed by atoms with E-state index in [4.69, 9.17) is 15.7 Å². The van der Waals surface area contributed by atoms with Gasteiger partial charge in [-0.3, -0.25) is 4.79 Å². The molecule has 5 nitrogen and oxygen atoms in total. The Morgan fingerprint density at radius 3 is 2.60 bits per heavy atom. The third kappa shape index (κ3) is 3.35. The normalized spacial score (nSPS) is 17.2. The summed E-state index contributed by atoms with van der Waals surface area (Å²) in [6.07, 6.45) is 1.01. The van der Waals surface area contributed by atoms with Crippen molar-refractivity contribution < 1.29 is 9.53 Å². The van der Waals surface area contributed by atoms with Crippen LogP contribution in [0.15, 0.2) is 30.3 Å². The summed E-state index contributed by atoms with van der Waals surface area (Å²) in [5.41, 5.74) is 6.30. The maximum absolute atomic E-state index is 12.6. The number of carbonyl (C=O) groups is 1. The minimum Gasteiger partial charge on any atom is -0.381 e. The van der Waals surface area contributed by atoms with Gasteiger partial charge in [0.05, 0.1) is 11.6 Å². The summed E-state index contributed by atoms with van der Waals surface area (Å²) >= 11 is 0. The van der Waals surface area contributed by atoms with Crippen LogP contribution in [0, 0.1) is 11.3 Å². The third-order valence-corrected chi connectivity index (χ3v) is 3.58. The Labute approximate surface area is 118 Å². The fourth-order valence-corrected chi connectivity index (χ4v) is 2.35. The first-order valence-corrected chi connectivity index (χ1v) is 6.72. The second kappa shape index (κ2) is 6.51. The van der Waals surface area contributed by atoms with Gasteiger partial charge in [-0.2, -0.15) is 5.26 Å². The fraction of sp³-hybridized carbons (Fsp3) is 0.467. The highest BCUT2D eigenvalue weighted by Crippen LogP contribution is 2.21. The van der Waals surface area contributed by atoms with Crippen LogP contribution in [0.3, 0.4) is 0 Å². The van der Waals surface area contributed by atoms with Gasteiger partial charge in [-0.15, -0.1) is 0 Å². The smallest absolute Gasteiger partial charge is 0.243 e. The molecule has 106 valence electrons. The van der Waals surface area contributed by atoms with Gasteiger partial charge in [-0.05, 0) is 18.4 Å². The van der Waals surface area contributed by atoms with Crippen molar-refractivity contribution in [1.82, 2.24) is 4.90 Å². The Kier molecular flexibility index (Phi) is 4.72. The zero-order chi connectivity index (χ0) is 14.4. The Balaban J connectivity index is 2.11. The van der Waals surface area contributed by atoms with Crippen molar-refractivity contribution in [2.75, 3.05) is 19.8 Å². The molecule has 1 saturated heterocycles. The highest BCUT2D eigenvalue weighted by molar-refractivity contribution is 5.86. The van der Waals surface area contributed by atoms with Crippen molar-refractivity contribution >= 4 is 5.91 Å². The molecule has 1 aliphatic heterocycles. The Hall–Kier alpha value is -1.90. The number of nitriles is 1. The lowest BCUT2D eigenvalue weighted by molar-refractivity contribution is -0.140. The van der Waals surface area contributed by atoms with Crippen LogP contribution in [0.1, 0.15) is 18.4 Å². The lowest BCUT2D eigenvalue weighted by atomic mass is 9.89. The zero-order valence-corrected chi connectivity index (χ0v) is 11.4. The molecule has 0 bridgehead atoms. The van der Waals surface area contributed by atoms with E-state index < -0.39 is 5.54 Å². The minimum absolute atomic E-state index is 0.0491. The average Bonchev–Trinajstić information content (AvgIpc) is 2.48. The highest BCUT2D eigenvalue weighted by Gasteiger charge is 2.38. The van der Waals surface area contributed by atoms with E-state index >= 15 is 0 Å². The zero-order valence-electron chi connectivity index (χ0n) is 11.4. The van der Waals surface area contributed by atoms with Gasteiger partial charge in [0.2, 0.25) is 5.91 Å². The summed E-state index contributed by atoms with van der Waals surface area (Å²) in [5.74, 6) is -0.161. The largest absolute Gasteiger partial charge is 0.381 e. The van der Waals surface area contributed by atoms with Crippen molar-refractivity contribution in [3.8, 4) is 6.07 Å². The van der Waals surface area contributed by atoms with E-state index in [2.05, 4.69) is 0 Å². The molecular weight excluding hydrogens is 254 g/mol. The van der Waals surface area contributed by atoms with Gasteiger partial charge in [0, 0.05) is 19.8 Å². The molecule has 1 fully saturated rings. The molecule has 1 amide bonds. The lowest BCUT2D eigenvalue weighted by Crippen LogP contribution is -2.57. The highest BCUT2D eigenvalue weighted by atomic mass is 16.5. The van der Waals surface area contributed by atoms with E-state index in [0.717, 1.165) is 5.56 Å². The van der Waals surface area contributed by atoms with Gasteiger partial charge in [0.25, 0.3) is 0 Å². The molecule has 0 saturated carbocycles. The van der Waals surface area contributed by atoms with E-state index in [1.807, 2.05) is 36.4 Å². The van der Waals surface area contributed by atoms with Crippen molar-refractivity contribution in [2.24, 2.45) is 5.73 Å². The molecule has 0 radical (unpaired) electrons. The first-order chi connectivity index (χ1) is 9.65. The van der Waals surface area contributed by atoms with Crippen LogP contribution in [0.4, 0.5) is 0 Å². The van der Waals surface area contributed by atoms with Crippen LogP contribution < -0.4 is 5.73 Å². The predicted octanol–water partition coefficient (Wildman–Crippen LogP) is 1.05. The molecule has 0 aromatic heterocycles. The SMILES string of the molecule is N#CCN(Cc1ccccc1)C(=O)C1(N)CCOCC1. The molecule has 2 rings (SSSR count). The Bertz CT molecular complexity index is 490. The van der Waals surface area contributed by atoms with Crippen LogP contribution in [0.2, 0.25) is 0 Å². The third-order valence-electron chi connectivity index (χ3n) is 3.58. The minimum atomic E-state index is -0.899. The fourth-order valence-electron chi connectivity index (χ4n) is 2.35. The van der Waals surface area contributed by atoms with E-state index in [9.17, 15) is 4.79 Å². The second-order valence-corrected chi connectivity index (χ2v) is 5.07. The van der Waals surface area contributed by atoms with Crippen molar-refractivity contribution in [2.45, 2.75) is 24.9 Å². The number of ether oxygens (including phenoxy) is 1. The number of hydrogen-bond acceptors (Lipinski definition) is 4. The molecule has 0 atom stereocenters. The van der Waals surface area contributed by atoms with Crippen LogP contribution in [0.5, 0.6) is 0 Å². The number of nitrogens with zero attached hydrogens (tertiary/aromatic N) is 2. The summed E-state index contributed by atoms with van der Waals surface area (Å²) in [6.45, 7) is 1.45. The summed E-state index contributed by atoms with van der Waals surface area (Å²) < 4.78 is 5.26. The van der Waals surface area contributed by atoms with Crippen molar-refractivity contribution in [3.63, 3.8) is 0 Å². The molecule has 0 unspecified atom stereocenters. The maximum Gasteiger partial charge on any atom is 0.243 e. The van der Waals surface area contributed by atoms with Crippen LogP contribution in [-0.4, -0.2) is 36.1 Å². The number of hydrogen-bond donors (Lipinski definition) is 1. The second-order valence-electron chi connectivity index (χ2n) is 5.07. The molecular formula is C15H19N3O2. The van der Waals surface area contributed by atoms with E-state index in [1.165, 1.54) is 4.90 Å². The van der Waals surface area contributed by atoms with Gasteiger partial charge >= 0.3 is 0 Å². The van der Waals surface area contributed by atoms with Crippen molar-refractivity contribution in [1.29, 1.82) is 5.26 Å². The molecule has 1 heterocycles. The topological polar surface area (TPSA) is 79.4 Å². The molecule has 20 heavy (non-hydrogen) atoms. The quantitative estimate of drug-likeness (QED) is 0.831. The van der Waals surface area contributed by atoms with Crippen LogP contribution in [-0.2, 0) is 16.1 Å². The van der Waals surface area contributed by atoms with E-state index in [-0.39, 0.29) is 12.5 Å². The van der Waals surface area contributed by atoms with Gasteiger partial charge in [-0.25, -0.2) is 0 Å². The Morgan fingerprint density at radius 2 is 2.00 bits per heavy atom. The van der Waals surface area contributed by atoms with Gasteiger partial charge in [0.15, 0.2) is 0 Å². The van der Waals surface area contributed by atoms with Gasteiger partial charge in [0.1, 0.15) is 6.54 Å². The standard InChI is InChI=1S/C15H19N3O2/c16-8-9-18(12-13-4-2-1-3-5-13)14(19)15(17)6-10-20-11-7-15/h1-5H,6-7,9-12,17H2. The van der Waals surface area contributed by atoms with Gasteiger partial charge in [-0.1, -0.05) is 30.3 Å². The number of rotatable bonds is 4. The average molecular weight is 273 g/mol. The maximum atomic E-state index is 12.6. The molecule has 0 spiro atoms. The molecule has 2 N–H and O–H groups in total. The Morgan fingerprint density at radius 1 is 1.35 bits per heavy atom. The number of amides is 1.